The molecule has 2 atom stereocenters. The van der Waals surface area contributed by atoms with Crippen LogP contribution in [0.5, 0.6) is 0 Å². The van der Waals surface area contributed by atoms with Crippen LogP contribution in [0.1, 0.15) is 142 Å². The van der Waals surface area contributed by atoms with Gasteiger partial charge in [0, 0.05) is 19.3 Å². The summed E-state index contributed by atoms with van der Waals surface area (Å²) in [5, 5.41) is 11.6. The van der Waals surface area contributed by atoms with Gasteiger partial charge in [-0.3, -0.25) is 9.59 Å². The first-order valence-electron chi connectivity index (χ1n) is 20.5. The maximum Gasteiger partial charge on any atom is 0.306 e. The molecule has 0 aliphatic heterocycles. The van der Waals surface area contributed by atoms with Crippen LogP contribution in [-0.4, -0.2) is 75.5 Å². The van der Waals surface area contributed by atoms with Crippen LogP contribution in [0, 0.1) is 0 Å². The average molecular weight is 742 g/mol. The number of hydrogen-bond donors (Lipinski definition) is 0. The minimum Gasteiger partial charge on any atom is -0.544 e. The Morgan fingerprint density at radius 3 is 1.58 bits per heavy atom. The highest BCUT2D eigenvalue weighted by Gasteiger charge is 2.25. The SMILES string of the molecule is CC/C=C/C=C/C=C/C=C/CCCCCC(=O)OCC(COCCC(C(=O)[O-])[N+](C)(C)C)OC(=O)CCCCC/C=C/C=C/CCCCCCCCC. The van der Waals surface area contributed by atoms with Gasteiger partial charge in [-0.1, -0.05) is 138 Å². The lowest BCUT2D eigenvalue weighted by atomic mass is 10.1. The molecular formula is C45H75NO7. The van der Waals surface area contributed by atoms with Crippen molar-refractivity contribution in [2.24, 2.45) is 0 Å². The van der Waals surface area contributed by atoms with E-state index in [1.165, 1.54) is 44.9 Å². The minimum atomic E-state index is -1.14. The standard InChI is InChI=1S/C45H75NO7/c1-6-8-10-12-14-16-18-20-21-22-24-26-28-30-32-34-36-44(48)53-41(39-51-38-37-42(45(49)50)46(3,4)5)40-52-43(47)35-33-31-29-27-25-23-19-17-15-13-11-9-7-2/h9,11,13,15,17,19,21-26,41-42H,6-8,10,12,14,16,18,20,27-40H2,1-5H3/b11-9+,15-13+,19-17+,22-21+,25-23+,26-24+. The Morgan fingerprint density at radius 2 is 1.06 bits per heavy atom. The molecule has 8 nitrogen and oxygen atoms in total. The molecule has 0 saturated carbocycles. The van der Waals surface area contributed by atoms with Gasteiger partial charge in [0.2, 0.25) is 0 Å². The fourth-order valence-electron chi connectivity index (χ4n) is 5.48. The van der Waals surface area contributed by atoms with Crippen LogP contribution in [0.4, 0.5) is 0 Å². The molecule has 8 heteroatoms. The van der Waals surface area contributed by atoms with E-state index in [2.05, 4.69) is 50.3 Å². The van der Waals surface area contributed by atoms with Crippen molar-refractivity contribution in [2.45, 2.75) is 154 Å². The van der Waals surface area contributed by atoms with Gasteiger partial charge in [-0.2, -0.15) is 0 Å². The molecule has 0 fully saturated rings. The lowest BCUT2D eigenvalue weighted by molar-refractivity contribution is -0.889. The van der Waals surface area contributed by atoms with E-state index in [4.69, 9.17) is 14.2 Å². The third-order valence-corrected chi connectivity index (χ3v) is 8.70. The summed E-state index contributed by atoms with van der Waals surface area (Å²) in [6.07, 6.45) is 43.6. The summed E-state index contributed by atoms with van der Waals surface area (Å²) in [6, 6.07) is -0.739. The Morgan fingerprint density at radius 1 is 0.585 bits per heavy atom. The smallest absolute Gasteiger partial charge is 0.306 e. The van der Waals surface area contributed by atoms with Crippen LogP contribution < -0.4 is 5.11 Å². The van der Waals surface area contributed by atoms with Gasteiger partial charge in [-0.15, -0.1) is 0 Å². The summed E-state index contributed by atoms with van der Waals surface area (Å²) in [5.74, 6) is -1.83. The zero-order valence-electron chi connectivity index (χ0n) is 34.2. The summed E-state index contributed by atoms with van der Waals surface area (Å²) >= 11 is 0. The van der Waals surface area contributed by atoms with Gasteiger partial charge in [0.15, 0.2) is 6.10 Å². The highest BCUT2D eigenvalue weighted by molar-refractivity contribution is 5.70. The normalized spacial score (nSPS) is 13.8. The fourth-order valence-corrected chi connectivity index (χ4v) is 5.48. The maximum atomic E-state index is 12.7. The van der Waals surface area contributed by atoms with Crippen molar-refractivity contribution >= 4 is 17.9 Å². The van der Waals surface area contributed by atoms with Crippen LogP contribution in [0.3, 0.4) is 0 Å². The van der Waals surface area contributed by atoms with Gasteiger partial charge in [0.1, 0.15) is 12.6 Å². The Kier molecular flexibility index (Phi) is 33.6. The third-order valence-electron chi connectivity index (χ3n) is 8.70. The predicted molar refractivity (Wildman–Crippen MR) is 217 cm³/mol. The Balaban J connectivity index is 4.52. The summed E-state index contributed by atoms with van der Waals surface area (Å²) in [7, 11) is 5.37. The fraction of sp³-hybridized carbons (Fsp3) is 0.667. The summed E-state index contributed by atoms with van der Waals surface area (Å²) in [6.45, 7) is 4.42. The number of hydrogen-bond acceptors (Lipinski definition) is 7. The molecule has 0 N–H and O–H groups in total. The van der Waals surface area contributed by atoms with Crippen LogP contribution >= 0.6 is 0 Å². The quantitative estimate of drug-likeness (QED) is 0.0276. The molecule has 53 heavy (non-hydrogen) atoms. The number of carbonyl (C=O) groups is 3. The van der Waals surface area contributed by atoms with E-state index >= 15 is 0 Å². The highest BCUT2D eigenvalue weighted by Crippen LogP contribution is 2.12. The summed E-state index contributed by atoms with van der Waals surface area (Å²) in [5.41, 5.74) is 0. The first kappa shape index (κ1) is 49.8. The molecule has 0 spiro atoms. The lowest BCUT2D eigenvalue weighted by Crippen LogP contribution is -2.55. The molecule has 0 aromatic rings. The van der Waals surface area contributed by atoms with E-state index < -0.39 is 18.1 Å². The second-order valence-electron chi connectivity index (χ2n) is 14.6. The number of carbonyl (C=O) groups excluding carboxylic acids is 3. The largest absolute Gasteiger partial charge is 0.544 e. The van der Waals surface area contributed by atoms with Crippen molar-refractivity contribution in [3.05, 3.63) is 72.9 Å². The van der Waals surface area contributed by atoms with Gasteiger partial charge < -0.3 is 28.6 Å². The van der Waals surface area contributed by atoms with Crippen molar-refractivity contribution in [1.82, 2.24) is 0 Å². The van der Waals surface area contributed by atoms with Crippen LogP contribution in [0.25, 0.3) is 0 Å². The molecular weight excluding hydrogens is 666 g/mol. The van der Waals surface area contributed by atoms with E-state index in [-0.39, 0.29) is 49.1 Å². The third kappa shape index (κ3) is 34.3. The molecule has 2 unspecified atom stereocenters. The first-order valence-corrected chi connectivity index (χ1v) is 20.5. The van der Waals surface area contributed by atoms with E-state index in [0.717, 1.165) is 57.8 Å². The zero-order valence-corrected chi connectivity index (χ0v) is 34.2. The van der Waals surface area contributed by atoms with Gasteiger partial charge in [-0.05, 0) is 57.8 Å². The van der Waals surface area contributed by atoms with E-state index in [9.17, 15) is 19.5 Å². The number of allylic oxidation sites excluding steroid dienone is 12. The number of carboxylic acids is 1. The molecule has 0 radical (unpaired) electrons. The molecule has 0 aliphatic rings. The molecule has 0 heterocycles. The minimum absolute atomic E-state index is 0.0131. The molecule has 0 amide bonds. The van der Waals surface area contributed by atoms with Crippen molar-refractivity contribution in [3.63, 3.8) is 0 Å². The number of nitrogens with zero attached hydrogens (tertiary/aromatic N) is 1. The number of rotatable bonds is 35. The number of quaternary nitrogens is 1. The van der Waals surface area contributed by atoms with Crippen LogP contribution in [0.15, 0.2) is 72.9 Å². The van der Waals surface area contributed by atoms with E-state index in [1.54, 1.807) is 21.1 Å². The van der Waals surface area contributed by atoms with Gasteiger partial charge >= 0.3 is 11.9 Å². The highest BCUT2D eigenvalue weighted by atomic mass is 16.6. The molecule has 0 rings (SSSR count). The van der Waals surface area contributed by atoms with Gasteiger partial charge in [-0.25, -0.2) is 0 Å². The molecule has 0 saturated heterocycles. The van der Waals surface area contributed by atoms with Crippen LogP contribution in [-0.2, 0) is 28.6 Å². The topological polar surface area (TPSA) is 102 Å². The first-order chi connectivity index (χ1) is 25.6. The number of unbranched alkanes of at least 4 members (excludes halogenated alkanes) is 13. The maximum absolute atomic E-state index is 12.7. The summed E-state index contributed by atoms with van der Waals surface area (Å²) in [4.78, 5) is 36.7. The Hall–Kier alpha value is -3.23. The van der Waals surface area contributed by atoms with E-state index in [0.29, 0.717) is 12.8 Å². The van der Waals surface area contributed by atoms with Crippen molar-refractivity contribution in [2.75, 3.05) is 41.0 Å². The monoisotopic (exact) mass is 742 g/mol. The lowest BCUT2D eigenvalue weighted by Gasteiger charge is -2.34. The number of aliphatic carboxylic acids is 1. The molecule has 0 aliphatic carbocycles. The van der Waals surface area contributed by atoms with Crippen molar-refractivity contribution < 1.29 is 38.2 Å². The van der Waals surface area contributed by atoms with E-state index in [1.807, 2.05) is 36.5 Å². The Labute approximate surface area is 323 Å². The second-order valence-corrected chi connectivity index (χ2v) is 14.6. The molecule has 302 valence electrons. The number of ether oxygens (including phenoxy) is 3. The zero-order chi connectivity index (χ0) is 39.3. The predicted octanol–water partition coefficient (Wildman–Crippen LogP) is 9.46. The molecule has 0 aromatic heterocycles. The van der Waals surface area contributed by atoms with Gasteiger partial charge in [0.25, 0.3) is 0 Å². The average Bonchev–Trinajstić information content (AvgIpc) is 3.11. The summed E-state index contributed by atoms with van der Waals surface area (Å²) < 4.78 is 17.0. The van der Waals surface area contributed by atoms with Crippen molar-refractivity contribution in [3.8, 4) is 0 Å². The second kappa shape index (κ2) is 35.8. The number of esters is 2. The van der Waals surface area contributed by atoms with Crippen molar-refractivity contribution in [1.29, 1.82) is 0 Å². The number of likely N-dealkylation sites (N-methyl/N-ethyl adjacent to an activating group) is 1. The number of carboxylic acid groups (broad SMARTS) is 1. The molecule has 0 aromatic carbocycles. The molecule has 0 bridgehead atoms. The Bertz CT molecular complexity index is 1100. The van der Waals surface area contributed by atoms with Gasteiger partial charge in [0.05, 0.1) is 40.3 Å². The van der Waals surface area contributed by atoms with Crippen LogP contribution in [0.2, 0.25) is 0 Å².